The maximum absolute atomic E-state index is 12.3. The Balaban J connectivity index is 2.17. The van der Waals surface area contributed by atoms with Crippen LogP contribution in [-0.2, 0) is 16.1 Å². The van der Waals surface area contributed by atoms with Crippen LogP contribution in [0.3, 0.4) is 0 Å². The summed E-state index contributed by atoms with van der Waals surface area (Å²) in [5.41, 5.74) is 0.891. The summed E-state index contributed by atoms with van der Waals surface area (Å²) < 4.78 is 25.9. The van der Waals surface area contributed by atoms with Gasteiger partial charge in [0.1, 0.15) is 12.2 Å². The molecule has 0 aromatic carbocycles. The fourth-order valence-electron chi connectivity index (χ4n) is 2.00. The molecule has 0 spiro atoms. The summed E-state index contributed by atoms with van der Waals surface area (Å²) in [5, 5.41) is 0. The van der Waals surface area contributed by atoms with Crippen molar-refractivity contribution >= 4 is 5.97 Å². The molecule has 0 saturated heterocycles. The van der Waals surface area contributed by atoms with Crippen LogP contribution in [0.5, 0.6) is 17.6 Å². The summed E-state index contributed by atoms with van der Waals surface area (Å²) in [6.45, 7) is 3.84. The van der Waals surface area contributed by atoms with E-state index in [1.165, 1.54) is 20.4 Å². The number of nitrogens with zero attached hydrogens (tertiary/aromatic N) is 3. The normalized spacial score (nSPS) is 10.3. The van der Waals surface area contributed by atoms with E-state index in [2.05, 4.69) is 15.0 Å². The maximum Gasteiger partial charge on any atom is 0.346 e. The predicted octanol–water partition coefficient (Wildman–Crippen LogP) is 1.93. The zero-order valence-corrected chi connectivity index (χ0v) is 15.1. The van der Waals surface area contributed by atoms with Crippen LogP contribution in [0, 0.1) is 6.92 Å². The SMILES string of the molecule is CCOCOC(=O)c1c(C)ccnc1OCc1nc(OC)cc(OC)n1. The first-order chi connectivity index (χ1) is 12.6. The number of pyridine rings is 1. The molecule has 2 rings (SSSR count). The van der Waals surface area contributed by atoms with E-state index in [0.717, 1.165) is 0 Å². The molecule has 140 valence electrons. The van der Waals surface area contributed by atoms with E-state index < -0.39 is 5.97 Å². The Morgan fingerprint density at radius 3 is 2.46 bits per heavy atom. The largest absolute Gasteiger partial charge is 0.481 e. The molecule has 0 radical (unpaired) electrons. The van der Waals surface area contributed by atoms with Gasteiger partial charge in [-0.1, -0.05) is 0 Å². The van der Waals surface area contributed by atoms with E-state index in [0.29, 0.717) is 29.8 Å². The molecule has 0 atom stereocenters. The molecular weight excluding hydrogens is 342 g/mol. The quantitative estimate of drug-likeness (QED) is 0.375. The zero-order chi connectivity index (χ0) is 18.9. The lowest BCUT2D eigenvalue weighted by Gasteiger charge is -2.12. The van der Waals surface area contributed by atoms with Gasteiger partial charge in [0.05, 0.1) is 20.3 Å². The van der Waals surface area contributed by atoms with Crippen LogP contribution in [0.15, 0.2) is 18.3 Å². The average Bonchev–Trinajstić information content (AvgIpc) is 2.66. The van der Waals surface area contributed by atoms with Crippen LogP contribution < -0.4 is 14.2 Å². The van der Waals surface area contributed by atoms with Gasteiger partial charge in [0.25, 0.3) is 0 Å². The first-order valence-corrected chi connectivity index (χ1v) is 7.88. The summed E-state index contributed by atoms with van der Waals surface area (Å²) in [6.07, 6.45) is 1.54. The molecule has 0 amide bonds. The van der Waals surface area contributed by atoms with Gasteiger partial charge in [0.2, 0.25) is 17.6 Å². The lowest BCUT2D eigenvalue weighted by molar-refractivity contribution is -0.0278. The monoisotopic (exact) mass is 363 g/mol. The molecule has 0 N–H and O–H groups in total. The Kier molecular flexibility index (Phi) is 7.10. The molecule has 2 heterocycles. The van der Waals surface area contributed by atoms with E-state index in [1.54, 1.807) is 26.0 Å². The molecule has 0 saturated carbocycles. The summed E-state index contributed by atoms with van der Waals surface area (Å²) >= 11 is 0. The van der Waals surface area contributed by atoms with Gasteiger partial charge in [-0.15, -0.1) is 0 Å². The van der Waals surface area contributed by atoms with Crippen LogP contribution in [0.2, 0.25) is 0 Å². The Bertz CT molecular complexity index is 731. The predicted molar refractivity (Wildman–Crippen MR) is 90.4 cm³/mol. The molecule has 0 aliphatic heterocycles. The van der Waals surface area contributed by atoms with Crippen molar-refractivity contribution in [3.63, 3.8) is 0 Å². The van der Waals surface area contributed by atoms with Crippen LogP contribution in [0.4, 0.5) is 0 Å². The lowest BCUT2D eigenvalue weighted by Crippen LogP contribution is -2.14. The number of methoxy groups -OCH3 is 2. The highest BCUT2D eigenvalue weighted by atomic mass is 16.7. The zero-order valence-electron chi connectivity index (χ0n) is 15.1. The maximum atomic E-state index is 12.3. The molecule has 26 heavy (non-hydrogen) atoms. The minimum atomic E-state index is -0.580. The van der Waals surface area contributed by atoms with Gasteiger partial charge in [-0.05, 0) is 25.5 Å². The summed E-state index contributed by atoms with van der Waals surface area (Å²) in [7, 11) is 2.97. The van der Waals surface area contributed by atoms with Crippen molar-refractivity contribution < 1.29 is 28.5 Å². The molecule has 0 fully saturated rings. The van der Waals surface area contributed by atoms with E-state index >= 15 is 0 Å². The molecule has 2 aromatic heterocycles. The molecular formula is C17H21N3O6. The Labute approximate surface area is 151 Å². The third kappa shape index (κ3) is 5.03. The third-order valence-electron chi connectivity index (χ3n) is 3.29. The van der Waals surface area contributed by atoms with Gasteiger partial charge in [-0.3, -0.25) is 0 Å². The van der Waals surface area contributed by atoms with Crippen LogP contribution in [-0.4, -0.2) is 48.5 Å². The number of hydrogen-bond donors (Lipinski definition) is 0. The second kappa shape index (κ2) is 9.52. The molecule has 0 aliphatic carbocycles. The van der Waals surface area contributed by atoms with Gasteiger partial charge in [-0.25, -0.2) is 9.78 Å². The Hall–Kier alpha value is -2.94. The third-order valence-corrected chi connectivity index (χ3v) is 3.29. The topological polar surface area (TPSA) is 102 Å². The van der Waals surface area contributed by atoms with Crippen molar-refractivity contribution in [2.45, 2.75) is 20.5 Å². The molecule has 2 aromatic rings. The number of aryl methyl sites for hydroxylation is 1. The highest BCUT2D eigenvalue weighted by Crippen LogP contribution is 2.22. The molecule has 9 heteroatoms. The highest BCUT2D eigenvalue weighted by Gasteiger charge is 2.19. The number of carbonyl (C=O) groups is 1. The van der Waals surface area contributed by atoms with Crippen molar-refractivity contribution in [3.05, 3.63) is 35.3 Å². The lowest BCUT2D eigenvalue weighted by atomic mass is 10.1. The van der Waals surface area contributed by atoms with E-state index in [1.807, 2.05) is 0 Å². The minimum Gasteiger partial charge on any atom is -0.481 e. The molecule has 0 unspecified atom stereocenters. The number of esters is 1. The van der Waals surface area contributed by atoms with E-state index in [-0.39, 0.29) is 24.8 Å². The second-order valence-electron chi connectivity index (χ2n) is 5.01. The Morgan fingerprint density at radius 1 is 1.15 bits per heavy atom. The van der Waals surface area contributed by atoms with Crippen molar-refractivity contribution in [2.75, 3.05) is 27.6 Å². The molecule has 9 nitrogen and oxygen atoms in total. The van der Waals surface area contributed by atoms with Crippen LogP contribution in [0.25, 0.3) is 0 Å². The van der Waals surface area contributed by atoms with Crippen molar-refractivity contribution in [3.8, 4) is 17.6 Å². The number of hydrogen-bond acceptors (Lipinski definition) is 9. The number of rotatable bonds is 9. The smallest absolute Gasteiger partial charge is 0.346 e. The second-order valence-corrected chi connectivity index (χ2v) is 5.01. The fraction of sp³-hybridized carbons (Fsp3) is 0.412. The van der Waals surface area contributed by atoms with Crippen molar-refractivity contribution in [1.82, 2.24) is 15.0 Å². The summed E-state index contributed by atoms with van der Waals surface area (Å²) in [5.74, 6) is 0.534. The summed E-state index contributed by atoms with van der Waals surface area (Å²) in [6, 6.07) is 3.24. The van der Waals surface area contributed by atoms with Gasteiger partial charge in [-0.2, -0.15) is 9.97 Å². The standard InChI is InChI=1S/C17H21N3O6/c1-5-24-10-26-17(21)15-11(2)6-7-18-16(15)25-9-12-19-13(22-3)8-14(20-12)23-4/h6-8H,5,9-10H2,1-4H3. The number of ether oxygens (including phenoxy) is 5. The van der Waals surface area contributed by atoms with E-state index in [4.69, 9.17) is 23.7 Å². The van der Waals surface area contributed by atoms with Crippen molar-refractivity contribution in [1.29, 1.82) is 0 Å². The number of carbonyl (C=O) groups excluding carboxylic acids is 1. The van der Waals surface area contributed by atoms with Gasteiger partial charge < -0.3 is 23.7 Å². The van der Waals surface area contributed by atoms with Gasteiger partial charge in [0.15, 0.2) is 12.6 Å². The fourth-order valence-corrected chi connectivity index (χ4v) is 2.00. The summed E-state index contributed by atoms with van der Waals surface area (Å²) in [4.78, 5) is 24.7. The minimum absolute atomic E-state index is 0.0320. The van der Waals surface area contributed by atoms with Gasteiger partial charge in [0, 0.05) is 12.8 Å². The van der Waals surface area contributed by atoms with Crippen molar-refractivity contribution in [2.24, 2.45) is 0 Å². The van der Waals surface area contributed by atoms with Gasteiger partial charge >= 0.3 is 5.97 Å². The molecule has 0 aliphatic rings. The average molecular weight is 363 g/mol. The highest BCUT2D eigenvalue weighted by molar-refractivity contribution is 5.93. The van der Waals surface area contributed by atoms with E-state index in [9.17, 15) is 4.79 Å². The Morgan fingerprint density at radius 2 is 1.85 bits per heavy atom. The van der Waals surface area contributed by atoms with Crippen LogP contribution >= 0.6 is 0 Å². The first kappa shape index (κ1) is 19.4. The number of aromatic nitrogens is 3. The first-order valence-electron chi connectivity index (χ1n) is 7.88. The van der Waals surface area contributed by atoms with Crippen LogP contribution in [0.1, 0.15) is 28.7 Å². The molecule has 0 bridgehead atoms.